The Morgan fingerprint density at radius 3 is 2.89 bits per heavy atom. The van der Waals surface area contributed by atoms with Crippen LogP contribution in [-0.2, 0) is 4.79 Å². The van der Waals surface area contributed by atoms with Gasteiger partial charge in [0.05, 0.1) is 16.8 Å². The van der Waals surface area contributed by atoms with Gasteiger partial charge in [0.1, 0.15) is 17.4 Å². The number of aromatic nitrogens is 1. The number of hydrogen-bond acceptors (Lipinski definition) is 6. The van der Waals surface area contributed by atoms with Crippen LogP contribution in [0.2, 0.25) is 0 Å². The van der Waals surface area contributed by atoms with E-state index in [1.54, 1.807) is 36.0 Å². The topological polar surface area (TPSA) is 99.8 Å². The minimum absolute atomic E-state index is 0.231. The van der Waals surface area contributed by atoms with Gasteiger partial charge in [0.25, 0.3) is 5.56 Å². The molecule has 2 N–H and O–H groups in total. The van der Waals surface area contributed by atoms with Crippen LogP contribution in [0.5, 0.6) is 5.75 Å². The van der Waals surface area contributed by atoms with Crippen LogP contribution < -0.4 is 25.4 Å². The Labute approximate surface area is 157 Å². The second kappa shape index (κ2) is 5.43. The molecule has 5 rings (SSSR count). The van der Waals surface area contributed by atoms with Crippen LogP contribution in [0.3, 0.4) is 0 Å². The molecule has 2 aliphatic heterocycles. The molecule has 0 fully saturated rings. The van der Waals surface area contributed by atoms with Gasteiger partial charge < -0.3 is 14.9 Å². The van der Waals surface area contributed by atoms with Gasteiger partial charge in [-0.25, -0.2) is 4.99 Å². The van der Waals surface area contributed by atoms with Gasteiger partial charge in [-0.1, -0.05) is 29.5 Å². The lowest BCUT2D eigenvalue weighted by molar-refractivity contribution is -0.133. The zero-order valence-electron chi connectivity index (χ0n) is 14.3. The van der Waals surface area contributed by atoms with Crippen molar-refractivity contribution in [1.29, 1.82) is 0 Å². The van der Waals surface area contributed by atoms with Crippen molar-refractivity contribution in [2.24, 2.45) is 16.6 Å². The first-order valence-corrected chi connectivity index (χ1v) is 9.23. The Hall–Kier alpha value is -3.13. The van der Waals surface area contributed by atoms with Crippen molar-refractivity contribution in [3.8, 4) is 5.75 Å². The number of carbonyl (C=O) groups excluding carboxylic acids is 1. The van der Waals surface area contributed by atoms with E-state index in [1.165, 1.54) is 11.3 Å². The second-order valence-corrected chi connectivity index (χ2v) is 7.72. The number of nitrogens with zero attached hydrogens (tertiary/aromatic N) is 2. The summed E-state index contributed by atoms with van der Waals surface area (Å²) >= 11 is 1.24. The van der Waals surface area contributed by atoms with Crippen molar-refractivity contribution < 1.29 is 13.9 Å². The van der Waals surface area contributed by atoms with Crippen LogP contribution in [-0.4, -0.2) is 16.2 Å². The number of rotatable bonds is 2. The minimum atomic E-state index is -1.16. The first-order chi connectivity index (χ1) is 13.0. The highest BCUT2D eigenvalue weighted by atomic mass is 32.1. The molecule has 3 atom stereocenters. The van der Waals surface area contributed by atoms with Crippen LogP contribution in [0.1, 0.15) is 24.3 Å². The lowest BCUT2D eigenvalue weighted by Gasteiger charge is -2.44. The Morgan fingerprint density at radius 2 is 2.15 bits per heavy atom. The number of thiazole rings is 1. The third kappa shape index (κ3) is 2.23. The molecule has 136 valence electrons. The normalized spacial score (nSPS) is 25.9. The number of hydrogen-bond donors (Lipinski definition) is 1. The van der Waals surface area contributed by atoms with Gasteiger partial charge in [0, 0.05) is 11.6 Å². The minimum Gasteiger partial charge on any atom is -0.465 e. The van der Waals surface area contributed by atoms with Crippen molar-refractivity contribution in [3.63, 3.8) is 0 Å². The van der Waals surface area contributed by atoms with Gasteiger partial charge in [0.2, 0.25) is 11.6 Å². The zero-order chi connectivity index (χ0) is 18.8. The van der Waals surface area contributed by atoms with E-state index in [1.807, 2.05) is 24.3 Å². The highest BCUT2D eigenvalue weighted by Gasteiger charge is 2.54. The van der Waals surface area contributed by atoms with Crippen LogP contribution in [0.25, 0.3) is 6.08 Å². The number of primary amides is 1. The van der Waals surface area contributed by atoms with Gasteiger partial charge in [-0.2, -0.15) is 0 Å². The molecule has 0 saturated carbocycles. The summed E-state index contributed by atoms with van der Waals surface area (Å²) < 4.78 is 13.4. The molecule has 2 aromatic heterocycles. The number of amides is 1. The van der Waals surface area contributed by atoms with Gasteiger partial charge in [-0.15, -0.1) is 0 Å². The predicted octanol–water partition coefficient (Wildman–Crippen LogP) is 0.764. The van der Waals surface area contributed by atoms with E-state index in [2.05, 4.69) is 4.99 Å². The van der Waals surface area contributed by atoms with Crippen LogP contribution in [0.4, 0.5) is 0 Å². The molecule has 1 amide bonds. The molecule has 3 unspecified atom stereocenters. The molecule has 27 heavy (non-hydrogen) atoms. The average Bonchev–Trinajstić information content (AvgIpc) is 3.22. The van der Waals surface area contributed by atoms with E-state index < -0.39 is 23.6 Å². The second-order valence-electron chi connectivity index (χ2n) is 6.72. The first-order valence-electron chi connectivity index (χ1n) is 8.42. The molecule has 0 aliphatic carbocycles. The maximum absolute atomic E-state index is 13.2. The van der Waals surface area contributed by atoms with Crippen LogP contribution >= 0.6 is 11.3 Å². The summed E-state index contributed by atoms with van der Waals surface area (Å²) in [5.74, 6) is -0.167. The fraction of sp³-hybridized carbons (Fsp3) is 0.211. The Balaban J connectivity index is 1.85. The van der Waals surface area contributed by atoms with E-state index in [0.29, 0.717) is 20.8 Å². The molecule has 0 radical (unpaired) electrons. The summed E-state index contributed by atoms with van der Waals surface area (Å²) in [7, 11) is 0. The molecule has 3 aromatic rings. The summed E-state index contributed by atoms with van der Waals surface area (Å²) in [6, 6.07) is 10.3. The SMILES string of the molecule is CC12N=c3sc(=Cc4ccco4)c(=O)n3C(c3ccccc3O1)C2C(N)=O. The highest BCUT2D eigenvalue weighted by Crippen LogP contribution is 2.46. The maximum Gasteiger partial charge on any atom is 0.271 e. The fourth-order valence-electron chi connectivity index (χ4n) is 3.88. The van der Waals surface area contributed by atoms with Crippen molar-refractivity contribution in [2.75, 3.05) is 0 Å². The molecule has 2 bridgehead atoms. The molecule has 0 spiro atoms. The predicted molar refractivity (Wildman–Crippen MR) is 97.9 cm³/mol. The third-order valence-electron chi connectivity index (χ3n) is 5.00. The first kappa shape index (κ1) is 16.1. The Morgan fingerprint density at radius 1 is 1.33 bits per heavy atom. The molecule has 2 aliphatic rings. The molecule has 0 saturated heterocycles. The molecule has 4 heterocycles. The number of ether oxygens (including phenoxy) is 1. The number of fused-ring (bicyclic) bond motifs is 6. The average molecular weight is 381 g/mol. The molecule has 7 nitrogen and oxygen atoms in total. The zero-order valence-corrected chi connectivity index (χ0v) is 15.1. The van der Waals surface area contributed by atoms with Gasteiger partial charge in [0.15, 0.2) is 4.80 Å². The van der Waals surface area contributed by atoms with Crippen molar-refractivity contribution in [1.82, 2.24) is 4.57 Å². The standard InChI is InChI=1S/C19H15N3O4S/c1-19-14(16(20)23)15(11-6-2-3-7-12(11)26-19)22-17(24)13(27-18(22)21-19)9-10-5-4-8-25-10/h2-9,14-15H,1H3,(H2,20,23). The number of benzene rings is 1. The highest BCUT2D eigenvalue weighted by molar-refractivity contribution is 7.07. The Bertz CT molecular complexity index is 1240. The monoisotopic (exact) mass is 381 g/mol. The van der Waals surface area contributed by atoms with Crippen LogP contribution in [0.15, 0.2) is 56.9 Å². The molecule has 1 aromatic carbocycles. The van der Waals surface area contributed by atoms with Crippen molar-refractivity contribution >= 4 is 23.3 Å². The molecule has 8 heteroatoms. The van der Waals surface area contributed by atoms with Gasteiger partial charge >= 0.3 is 0 Å². The van der Waals surface area contributed by atoms with Crippen molar-refractivity contribution in [3.05, 3.63) is 73.7 Å². The summed E-state index contributed by atoms with van der Waals surface area (Å²) in [6.07, 6.45) is 3.22. The van der Waals surface area contributed by atoms with Crippen LogP contribution in [0, 0.1) is 5.92 Å². The molecular weight excluding hydrogens is 366 g/mol. The fourth-order valence-corrected chi connectivity index (χ4v) is 4.96. The summed E-state index contributed by atoms with van der Waals surface area (Å²) in [4.78, 5) is 30.6. The number of nitrogens with two attached hydrogens (primary N) is 1. The van der Waals surface area contributed by atoms with E-state index >= 15 is 0 Å². The van der Waals surface area contributed by atoms with Gasteiger partial charge in [-0.3, -0.25) is 14.2 Å². The lowest BCUT2D eigenvalue weighted by Crippen LogP contribution is -2.59. The van der Waals surface area contributed by atoms with E-state index in [4.69, 9.17) is 14.9 Å². The van der Waals surface area contributed by atoms with E-state index in [9.17, 15) is 9.59 Å². The maximum atomic E-state index is 13.2. The third-order valence-corrected chi connectivity index (χ3v) is 5.99. The number of para-hydroxylation sites is 1. The summed E-state index contributed by atoms with van der Waals surface area (Å²) in [5.41, 5.74) is 5.07. The quantitative estimate of drug-likeness (QED) is 0.708. The van der Waals surface area contributed by atoms with E-state index in [0.717, 1.165) is 5.56 Å². The Kier molecular flexibility index (Phi) is 3.23. The summed E-state index contributed by atoms with van der Waals surface area (Å²) in [6.45, 7) is 1.73. The van der Waals surface area contributed by atoms with E-state index in [-0.39, 0.29) is 5.56 Å². The van der Waals surface area contributed by atoms with Gasteiger partial charge in [-0.05, 0) is 25.1 Å². The largest absolute Gasteiger partial charge is 0.465 e. The number of carbonyl (C=O) groups is 1. The smallest absolute Gasteiger partial charge is 0.271 e. The summed E-state index contributed by atoms with van der Waals surface area (Å²) in [5, 5.41) is 0. The number of furan rings is 1. The molecular formula is C19H15N3O4S. The lowest BCUT2D eigenvalue weighted by atomic mass is 9.81. The van der Waals surface area contributed by atoms with Crippen molar-refractivity contribution in [2.45, 2.75) is 18.7 Å².